The van der Waals surface area contributed by atoms with Gasteiger partial charge >= 0.3 is 18.4 Å². The number of carboxylic acid groups (broad SMARTS) is 1. The molecule has 1 aromatic carbocycles. The molecule has 0 saturated heterocycles. The first-order valence-electron chi connectivity index (χ1n) is 5.96. The maximum atomic E-state index is 12.8. The highest BCUT2D eigenvalue weighted by atomic mass is 19.4. The number of rotatable bonds is 1. The van der Waals surface area contributed by atoms with Crippen molar-refractivity contribution in [1.82, 2.24) is 0 Å². The van der Waals surface area contributed by atoms with Crippen LogP contribution in [0.2, 0.25) is 0 Å². The van der Waals surface area contributed by atoms with Crippen molar-refractivity contribution in [2.45, 2.75) is 38.7 Å². The predicted molar refractivity (Wildman–Crippen MR) is 66.7 cm³/mol. The Kier molecular flexibility index (Phi) is 4.42. The van der Waals surface area contributed by atoms with Gasteiger partial charge < -0.3 is 5.11 Å². The minimum Gasteiger partial charge on any atom is -0.465 e. The van der Waals surface area contributed by atoms with Crippen LogP contribution >= 0.6 is 0 Å². The third kappa shape index (κ3) is 4.05. The van der Waals surface area contributed by atoms with Gasteiger partial charge in [-0.1, -0.05) is 0 Å². The fraction of sp³-hybridized carbons (Fsp3) is 0.462. The third-order valence-electron chi connectivity index (χ3n) is 2.69. The molecule has 0 aliphatic heterocycles. The number of carbonyl (C=O) groups is 1. The Bertz CT molecular complexity index is 539. The molecule has 0 saturated carbocycles. The average Bonchev–Trinajstić information content (AvgIpc) is 2.23. The second kappa shape index (κ2) is 5.36. The van der Waals surface area contributed by atoms with Gasteiger partial charge in [0, 0.05) is 11.2 Å². The van der Waals surface area contributed by atoms with Crippen molar-refractivity contribution >= 4 is 11.8 Å². The molecule has 0 aliphatic carbocycles. The number of alkyl halides is 6. The SMILES string of the molecule is CC(C)(C)N(C(=O)O)c1cc(C(F)(F)F)cc(C(F)(F)F)c1. The first-order valence-corrected chi connectivity index (χ1v) is 5.96. The zero-order chi connectivity index (χ0) is 17.5. The van der Waals surface area contributed by atoms with Crippen molar-refractivity contribution in [2.24, 2.45) is 0 Å². The summed E-state index contributed by atoms with van der Waals surface area (Å²) in [6.45, 7) is 4.07. The smallest absolute Gasteiger partial charge is 0.416 e. The quantitative estimate of drug-likeness (QED) is 0.736. The van der Waals surface area contributed by atoms with Crippen molar-refractivity contribution in [2.75, 3.05) is 4.90 Å². The highest BCUT2D eigenvalue weighted by Crippen LogP contribution is 2.39. The molecule has 0 heterocycles. The Morgan fingerprint density at radius 3 is 1.50 bits per heavy atom. The summed E-state index contributed by atoms with van der Waals surface area (Å²) >= 11 is 0. The summed E-state index contributed by atoms with van der Waals surface area (Å²) in [6.07, 6.45) is -11.7. The van der Waals surface area contributed by atoms with Crippen LogP contribution in [0.4, 0.5) is 36.8 Å². The maximum absolute atomic E-state index is 12.8. The molecule has 22 heavy (non-hydrogen) atoms. The molecule has 0 aliphatic rings. The van der Waals surface area contributed by atoms with Crippen molar-refractivity contribution in [1.29, 1.82) is 0 Å². The monoisotopic (exact) mass is 329 g/mol. The summed E-state index contributed by atoms with van der Waals surface area (Å²) in [5.74, 6) is 0. The number of hydrogen-bond acceptors (Lipinski definition) is 1. The Morgan fingerprint density at radius 2 is 1.27 bits per heavy atom. The van der Waals surface area contributed by atoms with E-state index in [1.165, 1.54) is 20.8 Å². The Morgan fingerprint density at radius 1 is 0.909 bits per heavy atom. The second-order valence-corrected chi connectivity index (χ2v) is 5.55. The molecule has 0 unspecified atom stereocenters. The number of hydrogen-bond donors (Lipinski definition) is 1. The lowest BCUT2D eigenvalue weighted by atomic mass is 10.0. The number of anilines is 1. The van der Waals surface area contributed by atoms with Gasteiger partial charge in [-0.25, -0.2) is 4.79 Å². The van der Waals surface area contributed by atoms with E-state index < -0.39 is 40.8 Å². The van der Waals surface area contributed by atoms with E-state index >= 15 is 0 Å². The first-order chi connectivity index (χ1) is 9.64. The zero-order valence-electron chi connectivity index (χ0n) is 11.8. The van der Waals surface area contributed by atoms with Crippen molar-refractivity contribution < 1.29 is 36.2 Å². The highest BCUT2D eigenvalue weighted by Gasteiger charge is 2.39. The van der Waals surface area contributed by atoms with Gasteiger partial charge in [0.25, 0.3) is 0 Å². The van der Waals surface area contributed by atoms with Crippen LogP contribution in [0.15, 0.2) is 18.2 Å². The molecule has 9 heteroatoms. The summed E-state index contributed by atoms with van der Waals surface area (Å²) < 4.78 is 76.6. The number of benzene rings is 1. The van der Waals surface area contributed by atoms with Gasteiger partial charge in [-0.2, -0.15) is 26.3 Å². The normalized spacial score (nSPS) is 13.1. The summed E-state index contributed by atoms with van der Waals surface area (Å²) in [4.78, 5) is 11.7. The van der Waals surface area contributed by atoms with E-state index in [0.717, 1.165) is 0 Å². The van der Waals surface area contributed by atoms with Crippen molar-refractivity contribution in [3.63, 3.8) is 0 Å². The van der Waals surface area contributed by atoms with Gasteiger partial charge in [-0.15, -0.1) is 0 Å². The van der Waals surface area contributed by atoms with E-state index in [2.05, 4.69) is 0 Å². The van der Waals surface area contributed by atoms with Crippen LogP contribution in [-0.4, -0.2) is 16.7 Å². The number of amides is 1. The lowest BCUT2D eigenvalue weighted by Gasteiger charge is -2.33. The second-order valence-electron chi connectivity index (χ2n) is 5.55. The minimum atomic E-state index is -5.03. The third-order valence-corrected chi connectivity index (χ3v) is 2.69. The Hall–Kier alpha value is -1.93. The zero-order valence-corrected chi connectivity index (χ0v) is 11.8. The van der Waals surface area contributed by atoms with Gasteiger partial charge in [0.15, 0.2) is 0 Å². The van der Waals surface area contributed by atoms with Crippen LogP contribution in [0.25, 0.3) is 0 Å². The molecule has 1 N–H and O–H groups in total. The Balaban J connectivity index is 3.63. The molecule has 0 spiro atoms. The lowest BCUT2D eigenvalue weighted by molar-refractivity contribution is -0.143. The van der Waals surface area contributed by atoms with Gasteiger partial charge in [-0.05, 0) is 39.0 Å². The molecular formula is C13H13F6NO2. The first kappa shape index (κ1) is 18.1. The summed E-state index contributed by atoms with van der Waals surface area (Å²) in [5, 5.41) is 9.11. The molecule has 0 bridgehead atoms. The van der Waals surface area contributed by atoms with Crippen LogP contribution in [-0.2, 0) is 12.4 Å². The van der Waals surface area contributed by atoms with E-state index in [-0.39, 0.29) is 6.07 Å². The van der Waals surface area contributed by atoms with Crippen LogP contribution < -0.4 is 4.90 Å². The largest absolute Gasteiger partial charge is 0.465 e. The summed E-state index contributed by atoms with van der Waals surface area (Å²) in [7, 11) is 0. The number of nitrogens with zero attached hydrogens (tertiary/aromatic N) is 1. The van der Waals surface area contributed by atoms with Gasteiger partial charge in [0.05, 0.1) is 11.1 Å². The lowest BCUT2D eigenvalue weighted by Crippen LogP contribution is -2.45. The topological polar surface area (TPSA) is 40.5 Å². The van der Waals surface area contributed by atoms with Crippen LogP contribution in [0, 0.1) is 0 Å². The minimum absolute atomic E-state index is 0.0494. The van der Waals surface area contributed by atoms with E-state index in [4.69, 9.17) is 5.11 Å². The number of halogens is 6. The molecule has 0 aromatic heterocycles. The fourth-order valence-electron chi connectivity index (χ4n) is 1.85. The van der Waals surface area contributed by atoms with Crippen LogP contribution in [0.1, 0.15) is 31.9 Å². The van der Waals surface area contributed by atoms with E-state index in [9.17, 15) is 31.1 Å². The van der Waals surface area contributed by atoms with E-state index in [1.807, 2.05) is 0 Å². The fourth-order valence-corrected chi connectivity index (χ4v) is 1.85. The van der Waals surface area contributed by atoms with Gasteiger partial charge in [0.1, 0.15) is 0 Å². The molecule has 1 amide bonds. The molecule has 124 valence electrons. The van der Waals surface area contributed by atoms with E-state index in [0.29, 0.717) is 17.0 Å². The molecule has 1 aromatic rings. The molecule has 0 atom stereocenters. The molecule has 0 radical (unpaired) electrons. The standard InChI is InChI=1S/C13H13F6NO2/c1-11(2,3)20(10(21)22)9-5-7(12(14,15)16)4-8(6-9)13(17,18)19/h4-6H,1-3H3,(H,21,22). The van der Waals surface area contributed by atoms with Gasteiger partial charge in [-0.3, -0.25) is 4.90 Å². The predicted octanol–water partition coefficient (Wildman–Crippen LogP) is 5.01. The van der Waals surface area contributed by atoms with Crippen molar-refractivity contribution in [3.8, 4) is 0 Å². The van der Waals surface area contributed by atoms with Crippen LogP contribution in [0.3, 0.4) is 0 Å². The van der Waals surface area contributed by atoms with Gasteiger partial charge in [0.2, 0.25) is 0 Å². The molecule has 3 nitrogen and oxygen atoms in total. The molecule has 1 rings (SSSR count). The highest BCUT2D eigenvalue weighted by molar-refractivity contribution is 5.88. The molecular weight excluding hydrogens is 316 g/mol. The summed E-state index contributed by atoms with van der Waals surface area (Å²) in [6, 6.07) is 0.718. The van der Waals surface area contributed by atoms with Crippen molar-refractivity contribution in [3.05, 3.63) is 29.3 Å². The maximum Gasteiger partial charge on any atom is 0.416 e. The summed E-state index contributed by atoms with van der Waals surface area (Å²) in [5.41, 5.74) is -5.04. The van der Waals surface area contributed by atoms with Crippen LogP contribution in [0.5, 0.6) is 0 Å². The Labute approximate surface area is 122 Å². The molecule has 0 fully saturated rings. The average molecular weight is 329 g/mol. The van der Waals surface area contributed by atoms with E-state index in [1.54, 1.807) is 0 Å².